The van der Waals surface area contributed by atoms with E-state index in [4.69, 9.17) is 17.3 Å². The smallest absolute Gasteiger partial charge is 0.224 e. The number of aryl methyl sites for hydroxylation is 1. The van der Waals surface area contributed by atoms with Crippen molar-refractivity contribution in [2.24, 2.45) is 11.7 Å². The number of anilines is 1. The number of nitrogens with one attached hydrogen (secondary N) is 1. The molecular formula is C20H28Cl3N5O. The van der Waals surface area contributed by atoms with Crippen molar-refractivity contribution in [3.63, 3.8) is 0 Å². The summed E-state index contributed by atoms with van der Waals surface area (Å²) in [5.41, 5.74) is 7.64. The molecule has 1 aliphatic heterocycles. The molecule has 2 aromatic rings. The third-order valence-corrected chi connectivity index (χ3v) is 6.10. The lowest BCUT2D eigenvalue weighted by Crippen LogP contribution is -2.28. The molecule has 6 nitrogen and oxygen atoms in total. The molecule has 1 aromatic carbocycles. The van der Waals surface area contributed by atoms with Gasteiger partial charge in [0.05, 0.1) is 5.02 Å². The maximum Gasteiger partial charge on any atom is 0.224 e. The van der Waals surface area contributed by atoms with Gasteiger partial charge in [0.2, 0.25) is 5.91 Å². The van der Waals surface area contributed by atoms with Crippen LogP contribution in [0, 0.1) is 5.92 Å². The molecule has 29 heavy (non-hydrogen) atoms. The largest absolute Gasteiger partial charge is 0.327 e. The average Bonchev–Trinajstić information content (AvgIpc) is 3.15. The molecule has 1 aromatic heterocycles. The molecule has 0 radical (unpaired) electrons. The summed E-state index contributed by atoms with van der Waals surface area (Å²) in [5, 5.41) is 12.4. The van der Waals surface area contributed by atoms with E-state index in [0.717, 1.165) is 68.0 Å². The van der Waals surface area contributed by atoms with Gasteiger partial charge in [0.25, 0.3) is 0 Å². The van der Waals surface area contributed by atoms with Crippen molar-refractivity contribution in [1.29, 1.82) is 0 Å². The van der Waals surface area contributed by atoms with E-state index in [9.17, 15) is 4.79 Å². The third kappa shape index (κ3) is 5.43. The lowest BCUT2D eigenvalue weighted by Gasteiger charge is -2.15. The molecule has 160 valence electrons. The summed E-state index contributed by atoms with van der Waals surface area (Å²) in [4.78, 5) is 12.4. The Labute approximate surface area is 188 Å². The van der Waals surface area contributed by atoms with Gasteiger partial charge in [-0.3, -0.25) is 4.79 Å². The van der Waals surface area contributed by atoms with Crippen LogP contribution < -0.4 is 11.1 Å². The molecule has 1 fully saturated rings. The fourth-order valence-electron chi connectivity index (χ4n) is 4.23. The number of carbonyl (C=O) groups excluding carboxylic acids is 1. The van der Waals surface area contributed by atoms with Crippen LogP contribution >= 0.6 is 36.4 Å². The van der Waals surface area contributed by atoms with Crippen LogP contribution in [-0.2, 0) is 17.8 Å². The predicted molar refractivity (Wildman–Crippen MR) is 121 cm³/mol. The molecule has 0 saturated heterocycles. The van der Waals surface area contributed by atoms with E-state index in [0.29, 0.717) is 11.4 Å². The molecule has 1 aliphatic carbocycles. The Morgan fingerprint density at radius 2 is 2.00 bits per heavy atom. The summed E-state index contributed by atoms with van der Waals surface area (Å²) in [6, 6.07) is 5.68. The van der Waals surface area contributed by atoms with Crippen LogP contribution in [0.3, 0.4) is 0 Å². The predicted octanol–water partition coefficient (Wildman–Crippen LogP) is 4.62. The Bertz CT molecular complexity index is 842. The number of fused-ring (bicyclic) bond motifs is 1. The van der Waals surface area contributed by atoms with Crippen molar-refractivity contribution >= 4 is 48.0 Å². The first kappa shape index (κ1) is 23.9. The highest BCUT2D eigenvalue weighted by Crippen LogP contribution is 2.32. The van der Waals surface area contributed by atoms with Crippen LogP contribution in [-0.4, -0.2) is 26.7 Å². The lowest BCUT2D eigenvalue weighted by atomic mass is 10.00. The van der Waals surface area contributed by atoms with E-state index in [1.165, 1.54) is 6.42 Å². The molecule has 0 unspecified atom stereocenters. The number of benzene rings is 1. The van der Waals surface area contributed by atoms with Crippen molar-refractivity contribution in [3.8, 4) is 11.4 Å². The first-order chi connectivity index (χ1) is 13.1. The van der Waals surface area contributed by atoms with Crippen molar-refractivity contribution in [2.45, 2.75) is 64.0 Å². The van der Waals surface area contributed by atoms with Crippen molar-refractivity contribution in [3.05, 3.63) is 29.0 Å². The number of aromatic nitrogens is 3. The van der Waals surface area contributed by atoms with Gasteiger partial charge in [-0.25, -0.2) is 0 Å². The number of carbonyl (C=O) groups is 1. The molecule has 3 N–H and O–H groups in total. The van der Waals surface area contributed by atoms with E-state index in [1.807, 2.05) is 18.2 Å². The van der Waals surface area contributed by atoms with Gasteiger partial charge in [-0.15, -0.1) is 35.0 Å². The molecular weight excluding hydrogens is 433 g/mol. The fraction of sp³-hybridized carbons (Fsp3) is 0.550. The van der Waals surface area contributed by atoms with Gasteiger partial charge >= 0.3 is 0 Å². The molecule has 1 amide bonds. The normalized spacial score (nSPS) is 20.8. The maximum atomic E-state index is 12.4. The van der Waals surface area contributed by atoms with E-state index in [1.54, 1.807) is 0 Å². The molecule has 2 aliphatic rings. The summed E-state index contributed by atoms with van der Waals surface area (Å²) < 4.78 is 2.16. The third-order valence-electron chi connectivity index (χ3n) is 5.77. The van der Waals surface area contributed by atoms with E-state index >= 15 is 0 Å². The second-order valence-corrected chi connectivity index (χ2v) is 8.11. The lowest BCUT2D eigenvalue weighted by molar-refractivity contribution is -0.117. The van der Waals surface area contributed by atoms with Gasteiger partial charge in [0, 0.05) is 36.7 Å². The number of nitrogens with two attached hydrogens (primary N) is 1. The van der Waals surface area contributed by atoms with Crippen LogP contribution in [0.25, 0.3) is 11.4 Å². The van der Waals surface area contributed by atoms with Crippen molar-refractivity contribution in [1.82, 2.24) is 14.8 Å². The quantitative estimate of drug-likeness (QED) is 0.697. The molecule has 4 rings (SSSR count). The zero-order valence-corrected chi connectivity index (χ0v) is 18.7. The molecule has 2 atom stereocenters. The Kier molecular flexibility index (Phi) is 8.76. The van der Waals surface area contributed by atoms with Crippen LogP contribution in [0.5, 0.6) is 0 Å². The van der Waals surface area contributed by atoms with Gasteiger partial charge in [0.15, 0.2) is 5.82 Å². The van der Waals surface area contributed by atoms with Crippen LogP contribution in [0.1, 0.15) is 50.8 Å². The van der Waals surface area contributed by atoms with E-state index < -0.39 is 0 Å². The Morgan fingerprint density at radius 1 is 1.17 bits per heavy atom. The summed E-state index contributed by atoms with van der Waals surface area (Å²) in [5.74, 6) is 2.09. The van der Waals surface area contributed by atoms with E-state index in [2.05, 4.69) is 20.1 Å². The highest BCUT2D eigenvalue weighted by atomic mass is 35.5. The van der Waals surface area contributed by atoms with Gasteiger partial charge in [-0.2, -0.15) is 0 Å². The summed E-state index contributed by atoms with van der Waals surface area (Å²) in [6.07, 6.45) is 8.05. The minimum atomic E-state index is 0. The number of halogens is 3. The summed E-state index contributed by atoms with van der Waals surface area (Å²) >= 11 is 6.45. The number of nitrogens with zero attached hydrogens (tertiary/aromatic N) is 3. The van der Waals surface area contributed by atoms with Crippen LogP contribution in [0.2, 0.25) is 5.02 Å². The van der Waals surface area contributed by atoms with Gasteiger partial charge in [0.1, 0.15) is 5.82 Å². The number of amides is 1. The molecule has 0 spiro atoms. The zero-order valence-electron chi connectivity index (χ0n) is 16.3. The standard InChI is InChI=1S/C20H26ClN5O.2ClH/c21-16-9-8-14(23-19(27)11-13-5-4-6-17(13)22)12-15(16)20-25-24-18-7-2-1-3-10-26(18)20;;/h8-9,12-13,17H,1-7,10-11,22H2,(H,23,27);2*1H/t13-,17+;;/m0../s1. The Balaban J connectivity index is 0.00000150. The van der Waals surface area contributed by atoms with Crippen LogP contribution in [0.15, 0.2) is 18.2 Å². The fourth-order valence-corrected chi connectivity index (χ4v) is 4.43. The van der Waals surface area contributed by atoms with Crippen molar-refractivity contribution in [2.75, 3.05) is 5.32 Å². The maximum absolute atomic E-state index is 12.4. The Morgan fingerprint density at radius 3 is 2.76 bits per heavy atom. The summed E-state index contributed by atoms with van der Waals surface area (Å²) in [7, 11) is 0. The highest BCUT2D eigenvalue weighted by molar-refractivity contribution is 6.33. The first-order valence-electron chi connectivity index (χ1n) is 9.89. The highest BCUT2D eigenvalue weighted by Gasteiger charge is 2.26. The van der Waals surface area contributed by atoms with Gasteiger partial charge in [-0.1, -0.05) is 24.4 Å². The second-order valence-electron chi connectivity index (χ2n) is 7.70. The average molecular weight is 461 g/mol. The SMILES string of the molecule is Cl.Cl.N[C@@H]1CCC[C@H]1CC(=O)Nc1ccc(Cl)c(-c2nnc3n2CCCCC3)c1. The number of hydrogen-bond acceptors (Lipinski definition) is 4. The minimum absolute atomic E-state index is 0. The molecule has 9 heteroatoms. The molecule has 1 saturated carbocycles. The van der Waals surface area contributed by atoms with Gasteiger partial charge in [-0.05, 0) is 49.8 Å². The number of hydrogen-bond donors (Lipinski definition) is 2. The second kappa shape index (κ2) is 10.6. The van der Waals surface area contributed by atoms with E-state index in [-0.39, 0.29) is 42.7 Å². The van der Waals surface area contributed by atoms with Gasteiger partial charge < -0.3 is 15.6 Å². The molecule has 0 bridgehead atoms. The number of rotatable bonds is 4. The topological polar surface area (TPSA) is 85.8 Å². The van der Waals surface area contributed by atoms with Crippen molar-refractivity contribution < 1.29 is 4.79 Å². The molecule has 2 heterocycles. The zero-order chi connectivity index (χ0) is 18.8. The Hall–Kier alpha value is -1.34. The first-order valence-corrected chi connectivity index (χ1v) is 10.3. The summed E-state index contributed by atoms with van der Waals surface area (Å²) in [6.45, 7) is 0.907. The van der Waals surface area contributed by atoms with Crippen LogP contribution in [0.4, 0.5) is 5.69 Å². The monoisotopic (exact) mass is 459 g/mol. The minimum Gasteiger partial charge on any atom is -0.327 e.